The van der Waals surface area contributed by atoms with Crippen molar-refractivity contribution < 1.29 is 31.7 Å². The largest absolute Gasteiger partial charge is 0.521 e. The number of halogens is 4. The Bertz CT molecular complexity index is 988. The van der Waals surface area contributed by atoms with E-state index in [0.29, 0.717) is 0 Å². The number of hydrogen-bond acceptors (Lipinski definition) is 5. The van der Waals surface area contributed by atoms with Gasteiger partial charge in [0.05, 0.1) is 22.8 Å². The minimum atomic E-state index is -5.16. The Kier molecular flexibility index (Phi) is 6.70. The molecule has 0 aliphatic carbocycles. The van der Waals surface area contributed by atoms with Gasteiger partial charge >= 0.3 is 12.3 Å². The van der Waals surface area contributed by atoms with E-state index in [-0.39, 0.29) is 17.8 Å². The van der Waals surface area contributed by atoms with E-state index in [9.17, 15) is 27.0 Å². The fourth-order valence-corrected chi connectivity index (χ4v) is 4.69. The van der Waals surface area contributed by atoms with Crippen LogP contribution in [0.25, 0.3) is 0 Å². The average molecular weight is 499 g/mol. The zero-order valence-electron chi connectivity index (χ0n) is 19.2. The molecule has 0 radical (unpaired) electrons. The molecule has 2 rings (SSSR count). The Morgan fingerprint density at radius 3 is 2.19 bits per heavy atom. The fourth-order valence-electron chi connectivity index (χ4n) is 3.42. The second-order valence-corrected chi connectivity index (χ2v) is 12.5. The standard InChI is InChI=1S/C20H28ClF3N3O4S/c1-17(2,3)31-16(29)27(8)10-19(7,26-32(30)18(4,5)6)11-9-12(14(28)20(22,23)24)25-15(21)13(11)27/h9,26H,10H2,1-8H3/q+1/t19-,27?,32?/m1/s1. The van der Waals surface area contributed by atoms with Gasteiger partial charge in [-0.15, -0.1) is 0 Å². The van der Waals surface area contributed by atoms with Crippen molar-refractivity contribution in [1.82, 2.24) is 14.2 Å². The summed E-state index contributed by atoms with van der Waals surface area (Å²) in [6.45, 7) is 11.7. The number of ether oxygens (including phenoxy) is 1. The summed E-state index contributed by atoms with van der Waals surface area (Å²) < 4.78 is 59.3. The van der Waals surface area contributed by atoms with Gasteiger partial charge in [-0.1, -0.05) is 11.6 Å². The van der Waals surface area contributed by atoms with Crippen molar-refractivity contribution in [3.8, 4) is 0 Å². The molecule has 7 nitrogen and oxygen atoms in total. The number of carbonyl (C=O) groups is 2. The molecule has 32 heavy (non-hydrogen) atoms. The zero-order valence-corrected chi connectivity index (χ0v) is 20.8. The summed E-state index contributed by atoms with van der Waals surface area (Å²) >= 11 is 6.26. The van der Waals surface area contributed by atoms with Gasteiger partial charge in [-0.3, -0.25) is 4.79 Å². The lowest BCUT2D eigenvalue weighted by atomic mass is 9.95. The SMILES string of the molecule is CC(C)(C)OC(=O)[N+]1(C)C[C@@](C)(NS(=O)C(C)(C)C)c2cc(C(=O)C(F)(F)F)nc(Cl)c21. The Morgan fingerprint density at radius 2 is 1.75 bits per heavy atom. The maximum Gasteiger partial charge on any atom is 0.521 e. The fraction of sp³-hybridized carbons (Fsp3) is 0.650. The third-order valence-electron chi connectivity index (χ3n) is 4.83. The van der Waals surface area contributed by atoms with Gasteiger partial charge in [0, 0.05) is 5.56 Å². The number of quaternary nitrogens is 1. The molecule has 0 spiro atoms. The number of likely N-dealkylation sites (N-methyl/N-ethyl adjacent to an activating group) is 1. The third kappa shape index (κ3) is 5.16. The highest BCUT2D eigenvalue weighted by Crippen LogP contribution is 2.48. The summed E-state index contributed by atoms with van der Waals surface area (Å²) in [6, 6.07) is 0.956. The molecule has 180 valence electrons. The van der Waals surface area contributed by atoms with Crippen LogP contribution in [0.5, 0.6) is 0 Å². The molecule has 0 saturated heterocycles. The van der Waals surface area contributed by atoms with E-state index in [0.717, 1.165) is 6.07 Å². The van der Waals surface area contributed by atoms with Gasteiger partial charge in [-0.05, 0) is 54.5 Å². The normalized spacial score (nSPS) is 24.8. The van der Waals surface area contributed by atoms with E-state index in [1.165, 1.54) is 7.05 Å². The van der Waals surface area contributed by atoms with Gasteiger partial charge in [0.2, 0.25) is 0 Å². The van der Waals surface area contributed by atoms with Gasteiger partial charge in [0.25, 0.3) is 5.78 Å². The van der Waals surface area contributed by atoms with Crippen LogP contribution in [0.2, 0.25) is 5.15 Å². The Morgan fingerprint density at radius 1 is 1.22 bits per heavy atom. The number of rotatable bonds is 3. The first-order valence-corrected chi connectivity index (χ1v) is 11.3. The van der Waals surface area contributed by atoms with Crippen molar-refractivity contribution in [3.63, 3.8) is 0 Å². The summed E-state index contributed by atoms with van der Waals surface area (Å²) in [6.07, 6.45) is -5.88. The number of carbonyl (C=O) groups excluding carboxylic acids is 2. The first kappa shape index (κ1) is 26.7. The van der Waals surface area contributed by atoms with Gasteiger partial charge in [-0.2, -0.15) is 22.4 Å². The van der Waals surface area contributed by atoms with Crippen LogP contribution in [0.4, 0.5) is 23.7 Å². The number of pyridine rings is 1. The molecule has 1 aliphatic heterocycles. The highest BCUT2D eigenvalue weighted by atomic mass is 35.5. The van der Waals surface area contributed by atoms with Crippen LogP contribution in [0.15, 0.2) is 6.07 Å². The summed E-state index contributed by atoms with van der Waals surface area (Å²) in [5, 5.41) is -0.435. The number of aromatic nitrogens is 1. The topological polar surface area (TPSA) is 85.4 Å². The molecular weight excluding hydrogens is 471 g/mol. The molecule has 0 saturated carbocycles. The maximum absolute atomic E-state index is 13.2. The van der Waals surface area contributed by atoms with E-state index in [2.05, 4.69) is 9.71 Å². The van der Waals surface area contributed by atoms with Gasteiger partial charge < -0.3 is 4.74 Å². The summed E-state index contributed by atoms with van der Waals surface area (Å²) in [4.78, 5) is 28.7. The zero-order chi connectivity index (χ0) is 25.1. The lowest BCUT2D eigenvalue weighted by Gasteiger charge is -2.32. The second kappa shape index (κ2) is 8.03. The molecule has 12 heteroatoms. The molecule has 1 aromatic rings. The average Bonchev–Trinajstić information content (AvgIpc) is 2.79. The molecule has 2 unspecified atom stereocenters. The third-order valence-corrected chi connectivity index (χ3v) is 6.84. The Hall–Kier alpha value is -1.56. The molecule has 0 bridgehead atoms. The Balaban J connectivity index is 2.75. The molecule has 0 fully saturated rings. The van der Waals surface area contributed by atoms with Crippen molar-refractivity contribution in [3.05, 3.63) is 22.5 Å². The molecule has 1 aliphatic rings. The quantitative estimate of drug-likeness (QED) is 0.373. The maximum atomic E-state index is 13.2. The van der Waals surface area contributed by atoms with Crippen LogP contribution in [0.1, 0.15) is 64.5 Å². The van der Waals surface area contributed by atoms with Crippen LogP contribution in [-0.2, 0) is 21.3 Å². The molecule has 2 heterocycles. The van der Waals surface area contributed by atoms with Crippen LogP contribution >= 0.6 is 11.6 Å². The molecule has 0 aromatic carbocycles. The monoisotopic (exact) mass is 498 g/mol. The molecule has 1 aromatic heterocycles. The van der Waals surface area contributed by atoms with Crippen LogP contribution in [0, 0.1) is 0 Å². The van der Waals surface area contributed by atoms with E-state index in [1.807, 2.05) is 0 Å². The van der Waals surface area contributed by atoms with E-state index >= 15 is 0 Å². The summed E-state index contributed by atoms with van der Waals surface area (Å²) in [5.41, 5.74) is -2.84. The van der Waals surface area contributed by atoms with Gasteiger partial charge in [0.15, 0.2) is 10.8 Å². The highest BCUT2D eigenvalue weighted by molar-refractivity contribution is 7.84. The lowest BCUT2D eigenvalue weighted by Crippen LogP contribution is -2.57. The number of Topliss-reactive ketones (excluding diaryl/α,β-unsaturated/α-hetero) is 1. The van der Waals surface area contributed by atoms with Crippen molar-refractivity contribution in [1.29, 1.82) is 0 Å². The molecular formula is C20H28ClF3N3O4S+. The highest BCUT2D eigenvalue weighted by Gasteiger charge is 2.58. The number of nitrogens with one attached hydrogen (secondary N) is 1. The second-order valence-electron chi connectivity index (χ2n) is 10.2. The predicted molar refractivity (Wildman–Crippen MR) is 117 cm³/mol. The summed E-state index contributed by atoms with van der Waals surface area (Å²) in [5.74, 6) is -2.17. The van der Waals surface area contributed by atoms with Crippen LogP contribution < -0.4 is 9.21 Å². The van der Waals surface area contributed by atoms with E-state index < -0.39 is 60.3 Å². The first-order chi connectivity index (χ1) is 14.1. The van der Waals surface area contributed by atoms with Crippen molar-refractivity contribution in [2.24, 2.45) is 0 Å². The lowest BCUT2D eigenvalue weighted by molar-refractivity contribution is -0.0888. The number of nitrogens with zero attached hydrogens (tertiary/aromatic N) is 2. The number of alkyl halides is 3. The van der Waals surface area contributed by atoms with E-state index in [4.69, 9.17) is 16.3 Å². The van der Waals surface area contributed by atoms with Crippen molar-refractivity contribution in [2.45, 2.75) is 70.5 Å². The molecule has 1 amide bonds. The smallest absolute Gasteiger partial charge is 0.414 e. The minimum Gasteiger partial charge on any atom is -0.414 e. The van der Waals surface area contributed by atoms with Gasteiger partial charge in [-0.25, -0.2) is 13.9 Å². The van der Waals surface area contributed by atoms with Crippen molar-refractivity contribution in [2.75, 3.05) is 13.6 Å². The van der Waals surface area contributed by atoms with Crippen LogP contribution in [-0.4, -0.2) is 51.2 Å². The number of ketones is 1. The molecule has 3 atom stereocenters. The van der Waals surface area contributed by atoms with E-state index in [1.54, 1.807) is 48.5 Å². The summed E-state index contributed by atoms with van der Waals surface area (Å²) in [7, 11) is -0.178. The predicted octanol–water partition coefficient (Wildman–Crippen LogP) is 4.63. The minimum absolute atomic E-state index is 0.0792. The van der Waals surface area contributed by atoms with Gasteiger partial charge in [0.1, 0.15) is 23.4 Å². The number of amides is 1. The number of fused-ring (bicyclic) bond motifs is 1. The first-order valence-electron chi connectivity index (χ1n) is 9.74. The number of hydrogen-bond donors (Lipinski definition) is 1. The Labute approximate surface area is 192 Å². The van der Waals surface area contributed by atoms with Crippen LogP contribution in [0.3, 0.4) is 0 Å². The molecule has 1 N–H and O–H groups in total. The van der Waals surface area contributed by atoms with Crippen molar-refractivity contribution >= 4 is 40.2 Å².